The van der Waals surface area contributed by atoms with Gasteiger partial charge in [0.25, 0.3) is 0 Å². The van der Waals surface area contributed by atoms with Gasteiger partial charge in [-0.3, -0.25) is 0 Å². The van der Waals surface area contributed by atoms with Gasteiger partial charge < -0.3 is 10.4 Å². The van der Waals surface area contributed by atoms with Crippen molar-refractivity contribution in [3.05, 3.63) is 0 Å². The number of likely N-dealkylation sites (N-methyl/N-ethyl adjacent to an activating group) is 1. The van der Waals surface area contributed by atoms with Gasteiger partial charge in [0.05, 0.1) is 6.10 Å². The molecule has 0 amide bonds. The number of aliphatic hydroxyl groups excluding tert-OH is 1. The molecule has 2 N–H and O–H groups in total. The van der Waals surface area contributed by atoms with E-state index < -0.39 is 11.8 Å². The second kappa shape index (κ2) is 3.13. The third-order valence-electron chi connectivity index (χ3n) is 1.19. The van der Waals surface area contributed by atoms with Crippen molar-refractivity contribution in [1.82, 2.24) is 5.32 Å². The summed E-state index contributed by atoms with van der Waals surface area (Å²) < 4.78 is 12.7. The van der Waals surface area contributed by atoms with Crippen molar-refractivity contribution in [3.63, 3.8) is 0 Å². The van der Waals surface area contributed by atoms with E-state index in [1.54, 1.807) is 7.05 Å². The molecule has 0 aliphatic carbocycles. The number of alkyl halides is 1. The lowest BCUT2D eigenvalue weighted by molar-refractivity contribution is 0.0195. The number of hydrogen-bond acceptors (Lipinski definition) is 2. The number of hydrogen-bond donors (Lipinski definition) is 2. The minimum Gasteiger partial charge on any atom is -0.388 e. The first-order valence-electron chi connectivity index (χ1n) is 3.00. The van der Waals surface area contributed by atoms with Crippen LogP contribution in [0.15, 0.2) is 0 Å². The van der Waals surface area contributed by atoms with Gasteiger partial charge in [-0.1, -0.05) is 0 Å². The van der Waals surface area contributed by atoms with E-state index in [1.807, 2.05) is 0 Å². The number of halogens is 1. The molecule has 0 rings (SSSR count). The Morgan fingerprint density at radius 3 is 2.22 bits per heavy atom. The molecular formula is C6H14FNO. The van der Waals surface area contributed by atoms with Crippen LogP contribution in [0.2, 0.25) is 0 Å². The Morgan fingerprint density at radius 2 is 2.11 bits per heavy atom. The van der Waals surface area contributed by atoms with Crippen LogP contribution in [0.5, 0.6) is 0 Å². The third-order valence-corrected chi connectivity index (χ3v) is 1.19. The van der Waals surface area contributed by atoms with Crippen molar-refractivity contribution in [2.45, 2.75) is 25.6 Å². The monoisotopic (exact) mass is 135 g/mol. The molecule has 2 nitrogen and oxygen atoms in total. The van der Waals surface area contributed by atoms with Crippen LogP contribution in [0, 0.1) is 0 Å². The molecule has 0 aromatic rings. The standard InChI is InChI=1S/C6H14FNO/c1-6(2,7)5(9)4-8-3/h5,8-9H,4H2,1-3H3. The summed E-state index contributed by atoms with van der Waals surface area (Å²) in [5.74, 6) is 0. The molecule has 0 spiro atoms. The van der Waals surface area contributed by atoms with Crippen LogP contribution in [0.25, 0.3) is 0 Å². The quantitative estimate of drug-likeness (QED) is 0.584. The second-order valence-corrected chi connectivity index (χ2v) is 2.64. The highest BCUT2D eigenvalue weighted by Gasteiger charge is 2.25. The smallest absolute Gasteiger partial charge is 0.132 e. The summed E-state index contributed by atoms with van der Waals surface area (Å²) >= 11 is 0. The Hall–Kier alpha value is -0.150. The highest BCUT2D eigenvalue weighted by atomic mass is 19.1. The SMILES string of the molecule is CNCC(O)C(C)(C)F. The molecule has 0 aromatic heterocycles. The molecule has 0 aliphatic rings. The maximum Gasteiger partial charge on any atom is 0.132 e. The van der Waals surface area contributed by atoms with Crippen LogP contribution in [0.3, 0.4) is 0 Å². The Kier molecular flexibility index (Phi) is 3.08. The molecule has 0 aliphatic heterocycles. The molecule has 0 radical (unpaired) electrons. The highest BCUT2D eigenvalue weighted by Crippen LogP contribution is 2.12. The number of aliphatic hydroxyl groups is 1. The molecule has 0 bridgehead atoms. The van der Waals surface area contributed by atoms with Gasteiger partial charge in [-0.05, 0) is 20.9 Å². The van der Waals surface area contributed by atoms with E-state index in [0.717, 1.165) is 0 Å². The van der Waals surface area contributed by atoms with E-state index in [4.69, 9.17) is 5.11 Å². The molecule has 0 fully saturated rings. The first-order valence-corrected chi connectivity index (χ1v) is 3.00. The summed E-state index contributed by atoms with van der Waals surface area (Å²) in [4.78, 5) is 0. The van der Waals surface area contributed by atoms with Gasteiger partial charge in [0.15, 0.2) is 0 Å². The Labute approximate surface area is 55.1 Å². The average Bonchev–Trinajstić information content (AvgIpc) is 1.64. The topological polar surface area (TPSA) is 32.3 Å². The summed E-state index contributed by atoms with van der Waals surface area (Å²) in [6, 6.07) is 0. The van der Waals surface area contributed by atoms with Crippen molar-refractivity contribution in [1.29, 1.82) is 0 Å². The van der Waals surface area contributed by atoms with Gasteiger partial charge in [0.1, 0.15) is 5.67 Å². The predicted octanol–water partition coefficient (Wildman–Crippen LogP) is 0.315. The van der Waals surface area contributed by atoms with Gasteiger partial charge in [-0.25, -0.2) is 4.39 Å². The van der Waals surface area contributed by atoms with Crippen molar-refractivity contribution in [3.8, 4) is 0 Å². The highest BCUT2D eigenvalue weighted by molar-refractivity contribution is 4.77. The minimum atomic E-state index is -1.50. The molecule has 3 heteroatoms. The van der Waals surface area contributed by atoms with Gasteiger partial charge in [0.2, 0.25) is 0 Å². The molecule has 0 saturated heterocycles. The van der Waals surface area contributed by atoms with Gasteiger partial charge in [0, 0.05) is 6.54 Å². The minimum absolute atomic E-state index is 0.295. The largest absolute Gasteiger partial charge is 0.388 e. The van der Waals surface area contributed by atoms with Gasteiger partial charge >= 0.3 is 0 Å². The molecule has 0 heterocycles. The first-order chi connectivity index (χ1) is 3.98. The maximum absolute atomic E-state index is 12.7. The molecule has 9 heavy (non-hydrogen) atoms. The molecular weight excluding hydrogens is 121 g/mol. The van der Waals surface area contributed by atoms with Crippen molar-refractivity contribution in [2.75, 3.05) is 13.6 Å². The summed E-state index contributed by atoms with van der Waals surface area (Å²) in [5.41, 5.74) is -1.50. The first kappa shape index (κ1) is 8.85. The van der Waals surface area contributed by atoms with E-state index in [0.29, 0.717) is 6.54 Å². The zero-order valence-corrected chi connectivity index (χ0v) is 6.11. The summed E-state index contributed by atoms with van der Waals surface area (Å²) in [5, 5.41) is 11.6. The van der Waals surface area contributed by atoms with Crippen LogP contribution < -0.4 is 5.32 Å². The fraction of sp³-hybridized carbons (Fsp3) is 1.00. The van der Waals surface area contributed by atoms with E-state index in [1.165, 1.54) is 13.8 Å². The van der Waals surface area contributed by atoms with Crippen LogP contribution >= 0.6 is 0 Å². The number of nitrogens with one attached hydrogen (secondary N) is 1. The molecule has 0 saturated carbocycles. The molecule has 56 valence electrons. The third kappa shape index (κ3) is 3.43. The Morgan fingerprint density at radius 1 is 1.67 bits per heavy atom. The van der Waals surface area contributed by atoms with Crippen molar-refractivity contribution >= 4 is 0 Å². The van der Waals surface area contributed by atoms with Crippen molar-refractivity contribution in [2.24, 2.45) is 0 Å². The van der Waals surface area contributed by atoms with E-state index in [2.05, 4.69) is 5.32 Å². The molecule has 1 unspecified atom stereocenters. The zero-order valence-electron chi connectivity index (χ0n) is 6.11. The average molecular weight is 135 g/mol. The van der Waals surface area contributed by atoms with E-state index in [9.17, 15) is 4.39 Å². The van der Waals surface area contributed by atoms with Crippen molar-refractivity contribution < 1.29 is 9.50 Å². The van der Waals surface area contributed by atoms with Crippen LogP contribution in [-0.2, 0) is 0 Å². The van der Waals surface area contributed by atoms with Gasteiger partial charge in [-0.15, -0.1) is 0 Å². The van der Waals surface area contributed by atoms with Crippen LogP contribution in [0.1, 0.15) is 13.8 Å². The maximum atomic E-state index is 12.7. The summed E-state index contributed by atoms with van der Waals surface area (Å²) in [6.45, 7) is 3.01. The second-order valence-electron chi connectivity index (χ2n) is 2.64. The van der Waals surface area contributed by atoms with Crippen LogP contribution in [-0.4, -0.2) is 30.5 Å². The Bertz CT molecular complexity index is 79.6. The lowest BCUT2D eigenvalue weighted by atomic mass is 10.0. The van der Waals surface area contributed by atoms with Crippen LogP contribution in [0.4, 0.5) is 4.39 Å². The number of rotatable bonds is 3. The van der Waals surface area contributed by atoms with Gasteiger partial charge in [-0.2, -0.15) is 0 Å². The zero-order chi connectivity index (χ0) is 7.49. The van der Waals surface area contributed by atoms with E-state index >= 15 is 0 Å². The molecule has 1 atom stereocenters. The van der Waals surface area contributed by atoms with E-state index in [-0.39, 0.29) is 0 Å². The lowest BCUT2D eigenvalue weighted by Gasteiger charge is -2.20. The summed E-state index contributed by atoms with van der Waals surface area (Å²) in [7, 11) is 1.68. The normalized spacial score (nSPS) is 15.7. The Balaban J connectivity index is 3.59. The fourth-order valence-electron chi connectivity index (χ4n) is 0.436. The fourth-order valence-corrected chi connectivity index (χ4v) is 0.436. The summed E-state index contributed by atoms with van der Waals surface area (Å²) in [6.07, 6.45) is -0.914. The molecule has 0 aromatic carbocycles. The lowest BCUT2D eigenvalue weighted by Crippen LogP contribution is -2.38. The predicted molar refractivity (Wildman–Crippen MR) is 35.1 cm³/mol.